The number of carbonyl (C=O) groups excluding carboxylic acids is 1. The highest BCUT2D eigenvalue weighted by Crippen LogP contribution is 2.43. The highest BCUT2D eigenvalue weighted by atomic mass is 16.7. The van der Waals surface area contributed by atoms with Gasteiger partial charge < -0.3 is 28.8 Å². The predicted octanol–water partition coefficient (Wildman–Crippen LogP) is 3.24. The van der Waals surface area contributed by atoms with Gasteiger partial charge in [-0.3, -0.25) is 4.79 Å². The number of fused-ring (bicyclic) bond motifs is 1. The second-order valence-corrected chi connectivity index (χ2v) is 7.30. The van der Waals surface area contributed by atoms with Gasteiger partial charge in [-0.05, 0) is 47.7 Å². The third kappa shape index (κ3) is 4.10. The Morgan fingerprint density at radius 1 is 1.17 bits per heavy atom. The van der Waals surface area contributed by atoms with Gasteiger partial charge in [0.1, 0.15) is 0 Å². The first kappa shape index (κ1) is 19.4. The molecule has 0 amide bonds. The molecule has 3 unspecified atom stereocenters. The Hall–Kier alpha value is -2.93. The van der Waals surface area contributed by atoms with Crippen molar-refractivity contribution in [1.82, 2.24) is 0 Å². The number of rotatable bonds is 6. The van der Waals surface area contributed by atoms with Gasteiger partial charge in [-0.2, -0.15) is 0 Å². The van der Waals surface area contributed by atoms with Crippen LogP contribution in [-0.4, -0.2) is 38.2 Å². The molecular weight excluding hydrogens is 376 g/mol. The van der Waals surface area contributed by atoms with Gasteiger partial charge in [-0.25, -0.2) is 0 Å². The van der Waals surface area contributed by atoms with Crippen molar-refractivity contribution in [2.24, 2.45) is 11.8 Å². The van der Waals surface area contributed by atoms with E-state index >= 15 is 0 Å². The summed E-state index contributed by atoms with van der Waals surface area (Å²) in [6.45, 7) is 2.43. The summed E-state index contributed by atoms with van der Waals surface area (Å²) in [6, 6.07) is 11.1. The Balaban J connectivity index is 1.56. The number of ether oxygens (including phenoxy) is 5. The number of methoxy groups -OCH3 is 1. The molecule has 7 heteroatoms. The highest BCUT2D eigenvalue weighted by molar-refractivity contribution is 5.65. The minimum atomic E-state index is -0.314. The summed E-state index contributed by atoms with van der Waals surface area (Å²) >= 11 is 0. The summed E-state index contributed by atoms with van der Waals surface area (Å²) < 4.78 is 27.6. The van der Waals surface area contributed by atoms with Crippen LogP contribution in [0.5, 0.6) is 23.0 Å². The normalized spacial score (nSPS) is 22.5. The number of hydrogen-bond donors (Lipinski definition) is 1. The molecular formula is C22H24O7. The number of aromatic hydroxyl groups is 1. The standard InChI is InChI=1S/C22H24O7/c1-13(23)26-11-17-16(7-14-3-5-18(24)20(8-14)25-2)10-27-22(17)15-4-6-19-21(9-15)29-12-28-19/h3-6,8-9,16-17,22,24H,7,10-12H2,1-2H3. The molecule has 2 aromatic carbocycles. The molecule has 0 saturated carbocycles. The smallest absolute Gasteiger partial charge is 0.302 e. The summed E-state index contributed by atoms with van der Waals surface area (Å²) in [5, 5.41) is 9.83. The van der Waals surface area contributed by atoms with E-state index in [4.69, 9.17) is 23.7 Å². The Morgan fingerprint density at radius 3 is 2.79 bits per heavy atom. The van der Waals surface area contributed by atoms with Crippen molar-refractivity contribution in [3.8, 4) is 23.0 Å². The molecule has 0 spiro atoms. The van der Waals surface area contributed by atoms with Crippen molar-refractivity contribution >= 4 is 5.97 Å². The van der Waals surface area contributed by atoms with Crippen molar-refractivity contribution in [2.75, 3.05) is 27.1 Å². The van der Waals surface area contributed by atoms with E-state index in [0.717, 1.165) is 16.9 Å². The third-order valence-electron chi connectivity index (χ3n) is 5.43. The number of phenols is 1. The van der Waals surface area contributed by atoms with Crippen LogP contribution in [0.3, 0.4) is 0 Å². The van der Waals surface area contributed by atoms with Crippen molar-refractivity contribution in [3.05, 3.63) is 47.5 Å². The Labute approximate surface area is 169 Å². The van der Waals surface area contributed by atoms with E-state index in [1.165, 1.54) is 14.0 Å². The maximum Gasteiger partial charge on any atom is 0.302 e. The lowest BCUT2D eigenvalue weighted by atomic mass is 9.84. The molecule has 2 heterocycles. The average molecular weight is 400 g/mol. The van der Waals surface area contributed by atoms with Gasteiger partial charge in [0.15, 0.2) is 23.0 Å². The van der Waals surface area contributed by atoms with Crippen molar-refractivity contribution < 1.29 is 33.6 Å². The highest BCUT2D eigenvalue weighted by Gasteiger charge is 2.39. The van der Waals surface area contributed by atoms with Crippen LogP contribution in [-0.2, 0) is 20.7 Å². The van der Waals surface area contributed by atoms with E-state index in [9.17, 15) is 9.90 Å². The second kappa shape index (κ2) is 8.21. The maximum absolute atomic E-state index is 11.4. The van der Waals surface area contributed by atoms with E-state index in [2.05, 4.69) is 0 Å². The van der Waals surface area contributed by atoms with Crippen molar-refractivity contribution in [3.63, 3.8) is 0 Å². The van der Waals surface area contributed by atoms with E-state index in [1.54, 1.807) is 6.07 Å². The zero-order valence-electron chi connectivity index (χ0n) is 16.4. The first-order valence-corrected chi connectivity index (χ1v) is 9.55. The second-order valence-electron chi connectivity index (χ2n) is 7.30. The van der Waals surface area contributed by atoms with Gasteiger partial charge in [0.05, 0.1) is 26.4 Å². The zero-order valence-corrected chi connectivity index (χ0v) is 16.4. The fourth-order valence-electron chi connectivity index (χ4n) is 3.95. The number of carbonyl (C=O) groups is 1. The summed E-state index contributed by atoms with van der Waals surface area (Å²) in [7, 11) is 1.52. The fraction of sp³-hybridized carbons (Fsp3) is 0.409. The molecule has 0 bridgehead atoms. The number of benzene rings is 2. The molecule has 0 radical (unpaired) electrons. The Bertz CT molecular complexity index is 895. The van der Waals surface area contributed by atoms with E-state index in [0.29, 0.717) is 24.5 Å². The van der Waals surface area contributed by atoms with Crippen LogP contribution in [0.15, 0.2) is 36.4 Å². The molecule has 4 rings (SSSR count). The lowest BCUT2D eigenvalue weighted by molar-refractivity contribution is -0.143. The first-order valence-electron chi connectivity index (χ1n) is 9.55. The maximum atomic E-state index is 11.4. The molecule has 1 N–H and O–H groups in total. The van der Waals surface area contributed by atoms with Crippen LogP contribution >= 0.6 is 0 Å². The molecule has 0 aliphatic carbocycles. The molecule has 154 valence electrons. The molecule has 2 aliphatic heterocycles. The molecule has 3 atom stereocenters. The van der Waals surface area contributed by atoms with Crippen LogP contribution in [0, 0.1) is 11.8 Å². The molecule has 1 saturated heterocycles. The van der Waals surface area contributed by atoms with Crippen LogP contribution in [0.25, 0.3) is 0 Å². The van der Waals surface area contributed by atoms with Gasteiger partial charge in [-0.1, -0.05) is 12.1 Å². The largest absolute Gasteiger partial charge is 0.504 e. The number of esters is 1. The molecule has 0 aromatic heterocycles. The van der Waals surface area contributed by atoms with Crippen molar-refractivity contribution in [2.45, 2.75) is 19.4 Å². The SMILES string of the molecule is COc1cc(CC2COC(c3ccc4c(c3)OCO4)C2COC(C)=O)ccc1O. The number of hydrogen-bond acceptors (Lipinski definition) is 7. The summed E-state index contributed by atoms with van der Waals surface area (Å²) in [4.78, 5) is 11.4. The summed E-state index contributed by atoms with van der Waals surface area (Å²) in [6.07, 6.45) is 0.497. The minimum absolute atomic E-state index is 0.0148. The summed E-state index contributed by atoms with van der Waals surface area (Å²) in [5.74, 6) is 1.77. The van der Waals surface area contributed by atoms with Crippen LogP contribution in [0.2, 0.25) is 0 Å². The summed E-state index contributed by atoms with van der Waals surface area (Å²) in [5.41, 5.74) is 1.99. The van der Waals surface area contributed by atoms with Gasteiger partial charge in [-0.15, -0.1) is 0 Å². The third-order valence-corrected chi connectivity index (χ3v) is 5.43. The Kier molecular flexibility index (Phi) is 5.49. The number of phenolic OH excluding ortho intramolecular Hbond substituents is 1. The van der Waals surface area contributed by atoms with Crippen LogP contribution in [0.4, 0.5) is 0 Å². The Morgan fingerprint density at radius 2 is 2.00 bits per heavy atom. The monoisotopic (exact) mass is 400 g/mol. The predicted molar refractivity (Wildman–Crippen MR) is 103 cm³/mol. The molecule has 29 heavy (non-hydrogen) atoms. The van der Waals surface area contributed by atoms with E-state index in [1.807, 2.05) is 30.3 Å². The van der Waals surface area contributed by atoms with Gasteiger partial charge in [0, 0.05) is 12.8 Å². The van der Waals surface area contributed by atoms with Gasteiger partial charge >= 0.3 is 5.97 Å². The fourth-order valence-corrected chi connectivity index (χ4v) is 3.95. The lowest BCUT2D eigenvalue weighted by Gasteiger charge is -2.23. The molecule has 7 nitrogen and oxygen atoms in total. The minimum Gasteiger partial charge on any atom is -0.504 e. The topological polar surface area (TPSA) is 83.5 Å². The average Bonchev–Trinajstić information content (AvgIpc) is 3.33. The van der Waals surface area contributed by atoms with Crippen LogP contribution in [0.1, 0.15) is 24.2 Å². The van der Waals surface area contributed by atoms with E-state index in [-0.39, 0.29) is 43.1 Å². The van der Waals surface area contributed by atoms with Crippen molar-refractivity contribution in [1.29, 1.82) is 0 Å². The quantitative estimate of drug-likeness (QED) is 0.745. The zero-order chi connectivity index (χ0) is 20.4. The van der Waals surface area contributed by atoms with E-state index < -0.39 is 0 Å². The molecule has 2 aromatic rings. The molecule has 2 aliphatic rings. The van der Waals surface area contributed by atoms with Gasteiger partial charge in [0.25, 0.3) is 0 Å². The lowest BCUT2D eigenvalue weighted by Crippen LogP contribution is -2.24. The molecule has 1 fully saturated rings. The van der Waals surface area contributed by atoms with Gasteiger partial charge in [0.2, 0.25) is 6.79 Å². The first-order chi connectivity index (χ1) is 14.0. The van der Waals surface area contributed by atoms with Crippen LogP contribution < -0.4 is 14.2 Å².